The molecule has 0 amide bonds. The molecule has 0 aliphatic carbocycles. The molecule has 1 unspecified atom stereocenters. The second kappa shape index (κ2) is 5.42. The molecule has 0 saturated heterocycles. The molecule has 0 aliphatic heterocycles. The number of ether oxygens (including phenoxy) is 1. The van der Waals surface area contributed by atoms with Gasteiger partial charge in [-0.1, -0.05) is 0 Å². The van der Waals surface area contributed by atoms with Gasteiger partial charge in [0, 0.05) is 15.1 Å². The molecule has 2 nitrogen and oxygen atoms in total. The van der Waals surface area contributed by atoms with Crippen molar-refractivity contribution in [2.45, 2.75) is 6.04 Å². The monoisotopic (exact) mass is 305 g/mol. The summed E-state index contributed by atoms with van der Waals surface area (Å²) in [5, 5.41) is 0.792. The van der Waals surface area contributed by atoms with Crippen LogP contribution in [0.3, 0.4) is 0 Å². The van der Waals surface area contributed by atoms with E-state index in [2.05, 4.69) is 0 Å². The van der Waals surface area contributed by atoms with E-state index >= 15 is 0 Å². The minimum atomic E-state index is -0.517. The van der Waals surface area contributed by atoms with E-state index in [1.807, 2.05) is 6.07 Å². The van der Waals surface area contributed by atoms with Gasteiger partial charge in [-0.2, -0.15) is 0 Å². The third-order valence-corrected chi connectivity index (χ3v) is 4.53. The highest BCUT2D eigenvalue weighted by atomic mass is 32.1. The summed E-state index contributed by atoms with van der Waals surface area (Å²) in [5.41, 5.74) is 6.81. The van der Waals surface area contributed by atoms with Crippen molar-refractivity contribution in [3.05, 3.63) is 64.5 Å². The van der Waals surface area contributed by atoms with Crippen molar-refractivity contribution in [2.75, 3.05) is 7.11 Å². The van der Waals surface area contributed by atoms with Crippen LogP contribution in [0.4, 0.5) is 8.78 Å². The summed E-state index contributed by atoms with van der Waals surface area (Å²) in [6.07, 6.45) is 0. The summed E-state index contributed by atoms with van der Waals surface area (Å²) in [5.74, 6) is -0.121. The number of methoxy groups -OCH3 is 1. The van der Waals surface area contributed by atoms with E-state index in [4.69, 9.17) is 10.5 Å². The number of thiophene rings is 1. The molecule has 5 heteroatoms. The molecule has 2 aromatic carbocycles. The molecule has 2 N–H and O–H groups in total. The van der Waals surface area contributed by atoms with Gasteiger partial charge in [0.1, 0.15) is 17.4 Å². The smallest absolute Gasteiger partial charge is 0.124 e. The van der Waals surface area contributed by atoms with Crippen molar-refractivity contribution in [2.24, 2.45) is 5.73 Å². The third-order valence-electron chi connectivity index (χ3n) is 3.33. The van der Waals surface area contributed by atoms with E-state index in [-0.39, 0.29) is 11.6 Å². The first-order chi connectivity index (χ1) is 10.1. The van der Waals surface area contributed by atoms with Gasteiger partial charge in [0.05, 0.1) is 13.2 Å². The van der Waals surface area contributed by atoms with E-state index in [9.17, 15) is 8.78 Å². The Morgan fingerprint density at radius 3 is 2.52 bits per heavy atom. The van der Waals surface area contributed by atoms with Gasteiger partial charge in [-0.25, -0.2) is 8.78 Å². The number of halogens is 2. The normalized spacial score (nSPS) is 12.6. The van der Waals surface area contributed by atoms with Crippen LogP contribution in [-0.4, -0.2) is 7.11 Å². The van der Waals surface area contributed by atoms with E-state index in [1.54, 1.807) is 12.1 Å². The molecule has 0 radical (unpaired) electrons. The number of nitrogens with two attached hydrogens (primary N) is 1. The Labute approximate surface area is 124 Å². The molecule has 21 heavy (non-hydrogen) atoms. The van der Waals surface area contributed by atoms with Gasteiger partial charge in [-0.3, -0.25) is 0 Å². The first-order valence-electron chi connectivity index (χ1n) is 6.36. The highest BCUT2D eigenvalue weighted by molar-refractivity contribution is 7.19. The zero-order chi connectivity index (χ0) is 15.0. The molecule has 0 aliphatic rings. The molecule has 1 aromatic heterocycles. The molecule has 0 bridgehead atoms. The van der Waals surface area contributed by atoms with E-state index in [0.29, 0.717) is 11.3 Å². The van der Waals surface area contributed by atoms with Gasteiger partial charge >= 0.3 is 0 Å². The molecule has 1 heterocycles. The number of benzene rings is 2. The number of hydrogen-bond acceptors (Lipinski definition) is 3. The van der Waals surface area contributed by atoms with E-state index in [0.717, 1.165) is 15.0 Å². The highest BCUT2D eigenvalue weighted by Gasteiger charge is 2.17. The quantitative estimate of drug-likeness (QED) is 0.785. The van der Waals surface area contributed by atoms with Gasteiger partial charge in [-0.15, -0.1) is 11.3 Å². The van der Waals surface area contributed by atoms with Gasteiger partial charge in [0.25, 0.3) is 0 Å². The van der Waals surface area contributed by atoms with Gasteiger partial charge in [-0.05, 0) is 47.9 Å². The average Bonchev–Trinajstić information content (AvgIpc) is 2.89. The lowest BCUT2D eigenvalue weighted by molar-refractivity contribution is 0.406. The maximum atomic E-state index is 13.5. The van der Waals surface area contributed by atoms with Crippen molar-refractivity contribution < 1.29 is 13.5 Å². The lowest BCUT2D eigenvalue weighted by Crippen LogP contribution is -2.12. The maximum Gasteiger partial charge on any atom is 0.124 e. The lowest BCUT2D eigenvalue weighted by atomic mass is 10.0. The van der Waals surface area contributed by atoms with Crippen LogP contribution in [0, 0.1) is 11.6 Å². The highest BCUT2D eigenvalue weighted by Crippen LogP contribution is 2.35. The first-order valence-corrected chi connectivity index (χ1v) is 7.18. The molecular formula is C16H13F2NOS. The largest absolute Gasteiger partial charge is 0.496 e. The van der Waals surface area contributed by atoms with Crippen LogP contribution in [-0.2, 0) is 0 Å². The topological polar surface area (TPSA) is 35.2 Å². The summed E-state index contributed by atoms with van der Waals surface area (Å²) >= 11 is 1.46. The fourth-order valence-corrected chi connectivity index (χ4v) is 3.36. The zero-order valence-electron chi connectivity index (χ0n) is 11.3. The number of fused-ring (bicyclic) bond motifs is 1. The third kappa shape index (κ3) is 2.62. The van der Waals surface area contributed by atoms with Crippen LogP contribution in [0.2, 0.25) is 0 Å². The minimum absolute atomic E-state index is 0.288. The summed E-state index contributed by atoms with van der Waals surface area (Å²) < 4.78 is 32.9. The molecule has 1 atom stereocenters. The maximum absolute atomic E-state index is 13.5. The minimum Gasteiger partial charge on any atom is -0.496 e. The fraction of sp³-hybridized carbons (Fsp3) is 0.125. The van der Waals surface area contributed by atoms with Crippen molar-refractivity contribution in [1.82, 2.24) is 0 Å². The predicted molar refractivity (Wildman–Crippen MR) is 80.8 cm³/mol. The first kappa shape index (κ1) is 14.0. The Morgan fingerprint density at radius 2 is 1.76 bits per heavy atom. The van der Waals surface area contributed by atoms with Crippen LogP contribution in [0.5, 0.6) is 5.75 Å². The molecule has 108 valence electrons. The summed E-state index contributed by atoms with van der Waals surface area (Å²) in [7, 11) is 1.52. The van der Waals surface area contributed by atoms with Gasteiger partial charge < -0.3 is 10.5 Å². The number of rotatable bonds is 3. The molecule has 3 rings (SSSR count). The zero-order valence-corrected chi connectivity index (χ0v) is 12.1. The van der Waals surface area contributed by atoms with Crippen molar-refractivity contribution in [1.29, 1.82) is 0 Å². The van der Waals surface area contributed by atoms with Crippen molar-refractivity contribution in [3.8, 4) is 5.75 Å². The lowest BCUT2D eigenvalue weighted by Gasteiger charge is -2.14. The molecular weight excluding hydrogens is 292 g/mol. The van der Waals surface area contributed by atoms with Crippen molar-refractivity contribution in [3.63, 3.8) is 0 Å². The van der Waals surface area contributed by atoms with Gasteiger partial charge in [0.2, 0.25) is 0 Å². The SMILES string of the molecule is COc1ccc(F)cc1C(N)c1cc2cc(F)ccc2s1. The van der Waals surface area contributed by atoms with Crippen LogP contribution < -0.4 is 10.5 Å². The second-order valence-corrected chi connectivity index (χ2v) is 5.81. The molecule has 0 saturated carbocycles. The van der Waals surface area contributed by atoms with Crippen molar-refractivity contribution >= 4 is 21.4 Å². The summed E-state index contributed by atoms with van der Waals surface area (Å²) in [6, 6.07) is 10.2. The standard InChI is InChI=1S/C16H13F2NOS/c1-20-13-4-2-11(18)8-12(13)16(19)15-7-9-6-10(17)3-5-14(9)21-15/h2-8,16H,19H2,1H3. The predicted octanol–water partition coefficient (Wildman–Crippen LogP) is 4.24. The Bertz CT molecular complexity index is 800. The van der Waals surface area contributed by atoms with Crippen LogP contribution in [0.15, 0.2) is 42.5 Å². The summed E-state index contributed by atoms with van der Waals surface area (Å²) in [6.45, 7) is 0. The fourth-order valence-electron chi connectivity index (χ4n) is 2.29. The Kier molecular flexibility index (Phi) is 3.61. The Hall–Kier alpha value is -1.98. The molecule has 0 spiro atoms. The van der Waals surface area contributed by atoms with Gasteiger partial charge in [0.15, 0.2) is 0 Å². The molecule has 0 fully saturated rings. The van der Waals surface area contributed by atoms with E-state index < -0.39 is 6.04 Å². The average molecular weight is 305 g/mol. The molecule has 3 aromatic rings. The second-order valence-electron chi connectivity index (χ2n) is 4.69. The van der Waals surface area contributed by atoms with Crippen LogP contribution in [0.1, 0.15) is 16.5 Å². The summed E-state index contributed by atoms with van der Waals surface area (Å²) in [4.78, 5) is 0.833. The Morgan fingerprint density at radius 1 is 1.05 bits per heavy atom. The number of hydrogen-bond donors (Lipinski definition) is 1. The van der Waals surface area contributed by atoms with Crippen LogP contribution >= 0.6 is 11.3 Å². The Balaban J connectivity index is 2.07. The van der Waals surface area contributed by atoms with Crippen LogP contribution in [0.25, 0.3) is 10.1 Å². The van der Waals surface area contributed by atoms with E-state index in [1.165, 1.54) is 42.7 Å².